The van der Waals surface area contributed by atoms with Crippen LogP contribution in [0.25, 0.3) is 0 Å². The predicted molar refractivity (Wildman–Crippen MR) is 80.0 cm³/mol. The lowest BCUT2D eigenvalue weighted by atomic mass is 10.0. The van der Waals surface area contributed by atoms with Crippen molar-refractivity contribution < 1.29 is 0 Å². The van der Waals surface area contributed by atoms with E-state index in [1.807, 2.05) is 24.4 Å². The molecule has 0 radical (unpaired) electrons. The highest BCUT2D eigenvalue weighted by atomic mass is 14.9. The number of hydrogen-bond acceptors (Lipinski definition) is 2. The van der Waals surface area contributed by atoms with Crippen LogP contribution in [0.15, 0.2) is 66.4 Å². The van der Waals surface area contributed by atoms with E-state index in [1.165, 1.54) is 11.1 Å². The summed E-state index contributed by atoms with van der Waals surface area (Å²) in [7, 11) is 0. The second-order valence-corrected chi connectivity index (χ2v) is 4.79. The van der Waals surface area contributed by atoms with Crippen LogP contribution in [0.1, 0.15) is 31.1 Å². The van der Waals surface area contributed by atoms with Gasteiger partial charge in [-0.2, -0.15) is 0 Å². The van der Waals surface area contributed by atoms with Crippen LogP contribution in [0.2, 0.25) is 0 Å². The highest BCUT2D eigenvalue weighted by molar-refractivity contribution is 5.27. The average molecular weight is 252 g/mol. The molecule has 1 heterocycles. The first-order chi connectivity index (χ1) is 9.27. The minimum absolute atomic E-state index is 0.137. The SMILES string of the molecule is CC(C)=CCNC(c1ccccc1)c1ccccn1. The largest absolute Gasteiger partial charge is 0.301 e. The molecule has 1 aromatic heterocycles. The van der Waals surface area contributed by atoms with Crippen LogP contribution in [0.5, 0.6) is 0 Å². The molecule has 98 valence electrons. The van der Waals surface area contributed by atoms with Gasteiger partial charge >= 0.3 is 0 Å². The van der Waals surface area contributed by atoms with Gasteiger partial charge in [0.15, 0.2) is 0 Å². The highest BCUT2D eigenvalue weighted by Crippen LogP contribution is 2.19. The molecular weight excluding hydrogens is 232 g/mol. The summed E-state index contributed by atoms with van der Waals surface area (Å²) in [5.41, 5.74) is 3.61. The molecule has 1 atom stereocenters. The number of hydrogen-bond donors (Lipinski definition) is 1. The van der Waals surface area contributed by atoms with Gasteiger partial charge in [-0.05, 0) is 31.5 Å². The minimum atomic E-state index is 0.137. The third kappa shape index (κ3) is 4.04. The maximum Gasteiger partial charge on any atom is 0.0753 e. The van der Waals surface area contributed by atoms with Crippen molar-refractivity contribution in [3.05, 3.63) is 77.6 Å². The van der Waals surface area contributed by atoms with Gasteiger partial charge in [-0.3, -0.25) is 4.98 Å². The fourth-order valence-corrected chi connectivity index (χ4v) is 1.97. The Kier molecular flexibility index (Phi) is 4.87. The maximum absolute atomic E-state index is 4.47. The second kappa shape index (κ2) is 6.86. The molecule has 0 aliphatic rings. The Morgan fingerprint density at radius 3 is 2.47 bits per heavy atom. The minimum Gasteiger partial charge on any atom is -0.301 e. The number of nitrogens with one attached hydrogen (secondary N) is 1. The Morgan fingerprint density at radius 1 is 1.11 bits per heavy atom. The van der Waals surface area contributed by atoms with Crippen molar-refractivity contribution in [1.82, 2.24) is 10.3 Å². The van der Waals surface area contributed by atoms with Gasteiger partial charge in [0.1, 0.15) is 0 Å². The molecule has 2 nitrogen and oxygen atoms in total. The van der Waals surface area contributed by atoms with Gasteiger partial charge in [0, 0.05) is 12.7 Å². The van der Waals surface area contributed by atoms with Gasteiger partial charge in [0.05, 0.1) is 11.7 Å². The number of pyridine rings is 1. The van der Waals surface area contributed by atoms with Crippen molar-refractivity contribution in [2.75, 3.05) is 6.54 Å². The summed E-state index contributed by atoms with van der Waals surface area (Å²) in [6, 6.07) is 16.6. The standard InChI is InChI=1S/C17H20N2/c1-14(2)11-13-19-17(15-8-4-3-5-9-15)16-10-6-7-12-18-16/h3-12,17,19H,13H2,1-2H3. The van der Waals surface area contributed by atoms with Crippen molar-refractivity contribution in [1.29, 1.82) is 0 Å². The Labute approximate surface area is 115 Å². The molecule has 0 bridgehead atoms. The van der Waals surface area contributed by atoms with Crippen LogP contribution < -0.4 is 5.32 Å². The molecule has 0 fully saturated rings. The Morgan fingerprint density at radius 2 is 1.84 bits per heavy atom. The van der Waals surface area contributed by atoms with Crippen LogP contribution in [-0.4, -0.2) is 11.5 Å². The number of nitrogens with zero attached hydrogens (tertiary/aromatic N) is 1. The predicted octanol–water partition coefficient (Wildman–Crippen LogP) is 3.73. The summed E-state index contributed by atoms with van der Waals surface area (Å²) in [5.74, 6) is 0. The number of rotatable bonds is 5. The first kappa shape index (κ1) is 13.5. The molecule has 1 unspecified atom stereocenters. The average Bonchev–Trinajstić information content (AvgIpc) is 2.45. The number of allylic oxidation sites excluding steroid dienone is 1. The molecule has 2 rings (SSSR count). The molecule has 0 aliphatic carbocycles. The molecule has 0 saturated carbocycles. The van der Waals surface area contributed by atoms with Crippen LogP contribution in [0.4, 0.5) is 0 Å². The Bertz CT molecular complexity index is 474. The molecule has 2 heteroatoms. The Balaban J connectivity index is 2.21. The summed E-state index contributed by atoms with van der Waals surface area (Å²) < 4.78 is 0. The normalized spacial score (nSPS) is 11.9. The van der Waals surface area contributed by atoms with Crippen LogP contribution in [0.3, 0.4) is 0 Å². The molecule has 19 heavy (non-hydrogen) atoms. The van der Waals surface area contributed by atoms with E-state index in [2.05, 4.69) is 60.6 Å². The first-order valence-electron chi connectivity index (χ1n) is 6.60. The summed E-state index contributed by atoms with van der Waals surface area (Å²) in [6.07, 6.45) is 4.03. The zero-order valence-corrected chi connectivity index (χ0v) is 11.5. The van der Waals surface area contributed by atoms with E-state index in [-0.39, 0.29) is 6.04 Å². The fourth-order valence-electron chi connectivity index (χ4n) is 1.97. The second-order valence-electron chi connectivity index (χ2n) is 4.79. The third-order valence-electron chi connectivity index (χ3n) is 2.95. The van der Waals surface area contributed by atoms with Gasteiger partial charge in [-0.1, -0.05) is 48.0 Å². The van der Waals surface area contributed by atoms with Gasteiger partial charge in [-0.25, -0.2) is 0 Å². The molecular formula is C17H20N2. The van der Waals surface area contributed by atoms with Gasteiger partial charge < -0.3 is 5.32 Å². The summed E-state index contributed by atoms with van der Waals surface area (Å²) >= 11 is 0. The van der Waals surface area contributed by atoms with E-state index in [4.69, 9.17) is 0 Å². The van der Waals surface area contributed by atoms with E-state index in [1.54, 1.807) is 0 Å². The van der Waals surface area contributed by atoms with Crippen LogP contribution >= 0.6 is 0 Å². The lowest BCUT2D eigenvalue weighted by Gasteiger charge is -2.18. The summed E-state index contributed by atoms with van der Waals surface area (Å²) in [6.45, 7) is 5.07. The molecule has 1 N–H and O–H groups in total. The van der Waals surface area contributed by atoms with Gasteiger partial charge in [0.2, 0.25) is 0 Å². The first-order valence-corrected chi connectivity index (χ1v) is 6.60. The van der Waals surface area contributed by atoms with E-state index in [9.17, 15) is 0 Å². The lowest BCUT2D eigenvalue weighted by molar-refractivity contribution is 0.634. The van der Waals surface area contributed by atoms with Crippen LogP contribution in [0, 0.1) is 0 Å². The molecule has 0 aliphatic heterocycles. The van der Waals surface area contributed by atoms with Gasteiger partial charge in [0.25, 0.3) is 0 Å². The fraction of sp³-hybridized carbons (Fsp3) is 0.235. The number of aromatic nitrogens is 1. The topological polar surface area (TPSA) is 24.9 Å². The smallest absolute Gasteiger partial charge is 0.0753 e. The van der Waals surface area contributed by atoms with E-state index >= 15 is 0 Å². The van der Waals surface area contributed by atoms with Crippen molar-refractivity contribution in [3.8, 4) is 0 Å². The number of benzene rings is 1. The van der Waals surface area contributed by atoms with E-state index in [0.29, 0.717) is 0 Å². The third-order valence-corrected chi connectivity index (χ3v) is 2.95. The Hall–Kier alpha value is -1.93. The van der Waals surface area contributed by atoms with E-state index in [0.717, 1.165) is 12.2 Å². The van der Waals surface area contributed by atoms with E-state index < -0.39 is 0 Å². The quantitative estimate of drug-likeness (QED) is 0.820. The van der Waals surface area contributed by atoms with Crippen molar-refractivity contribution in [2.45, 2.75) is 19.9 Å². The lowest BCUT2D eigenvalue weighted by Crippen LogP contribution is -2.23. The summed E-state index contributed by atoms with van der Waals surface area (Å²) in [5, 5.41) is 3.54. The molecule has 0 amide bonds. The van der Waals surface area contributed by atoms with Crippen molar-refractivity contribution >= 4 is 0 Å². The van der Waals surface area contributed by atoms with Crippen LogP contribution in [-0.2, 0) is 0 Å². The van der Waals surface area contributed by atoms with Gasteiger partial charge in [-0.15, -0.1) is 0 Å². The maximum atomic E-state index is 4.47. The highest BCUT2D eigenvalue weighted by Gasteiger charge is 2.13. The summed E-state index contributed by atoms with van der Waals surface area (Å²) in [4.78, 5) is 4.47. The van der Waals surface area contributed by atoms with Crippen molar-refractivity contribution in [3.63, 3.8) is 0 Å². The monoisotopic (exact) mass is 252 g/mol. The zero-order valence-electron chi connectivity index (χ0n) is 11.5. The molecule has 0 spiro atoms. The zero-order chi connectivity index (χ0) is 13.5. The van der Waals surface area contributed by atoms with Crippen molar-refractivity contribution in [2.24, 2.45) is 0 Å². The molecule has 1 aromatic carbocycles. The molecule has 0 saturated heterocycles. The molecule has 2 aromatic rings.